The van der Waals surface area contributed by atoms with Crippen LogP contribution in [0.3, 0.4) is 0 Å². The highest BCUT2D eigenvalue weighted by Gasteiger charge is 2.69. The van der Waals surface area contributed by atoms with Crippen LogP contribution in [0.5, 0.6) is 0 Å². The summed E-state index contributed by atoms with van der Waals surface area (Å²) in [7, 11) is 0. The number of alkyl halides is 4. The molecule has 1 aliphatic rings. The summed E-state index contributed by atoms with van der Waals surface area (Å²) in [5.41, 5.74) is 0. The first-order valence-corrected chi connectivity index (χ1v) is 4.07. The number of rotatable bonds is 1. The molecule has 0 aliphatic carbocycles. The Bertz CT molecular complexity index is 228. The third-order valence-corrected chi connectivity index (χ3v) is 2.37. The summed E-state index contributed by atoms with van der Waals surface area (Å²) >= 11 is 0. The minimum Gasteiger partial charge on any atom is -0.303 e. The molecule has 0 aromatic carbocycles. The van der Waals surface area contributed by atoms with Gasteiger partial charge in [0.05, 0.1) is 0 Å². The first kappa shape index (κ1) is 11.7. The van der Waals surface area contributed by atoms with Crippen LogP contribution in [0.2, 0.25) is 0 Å². The molecule has 2 atom stereocenters. The van der Waals surface area contributed by atoms with Crippen molar-refractivity contribution in [2.75, 3.05) is 0 Å². The van der Waals surface area contributed by atoms with Gasteiger partial charge in [-0.3, -0.25) is 0 Å². The predicted molar refractivity (Wildman–Crippen MR) is 40.2 cm³/mol. The van der Waals surface area contributed by atoms with Crippen LogP contribution in [0.15, 0.2) is 0 Å². The second kappa shape index (κ2) is 2.61. The predicted octanol–water partition coefficient (Wildman–Crippen LogP) is 2.78. The van der Waals surface area contributed by atoms with Crippen LogP contribution in [0.25, 0.3) is 0 Å². The maximum Gasteiger partial charge on any atom is 0.298 e. The molecular formula is C8H12F4O2. The Kier molecular flexibility index (Phi) is 2.18. The van der Waals surface area contributed by atoms with Gasteiger partial charge in [0.2, 0.25) is 5.79 Å². The van der Waals surface area contributed by atoms with Gasteiger partial charge in [0, 0.05) is 20.8 Å². The first-order chi connectivity index (χ1) is 5.91. The standard InChI is InChI=1S/C8H12F4O2/c1-5(9,10)8(4)13-6(2,11)7(3,12)14-8/h1-4H3. The molecule has 0 aromatic heterocycles. The van der Waals surface area contributed by atoms with E-state index in [1.54, 1.807) is 0 Å². The van der Waals surface area contributed by atoms with Gasteiger partial charge in [-0.1, -0.05) is 0 Å². The molecule has 1 fully saturated rings. The first-order valence-electron chi connectivity index (χ1n) is 4.07. The molecular weight excluding hydrogens is 204 g/mol. The summed E-state index contributed by atoms with van der Waals surface area (Å²) in [6.07, 6.45) is 0. The van der Waals surface area contributed by atoms with E-state index in [9.17, 15) is 17.6 Å². The summed E-state index contributed by atoms with van der Waals surface area (Å²) in [6, 6.07) is 0. The molecule has 0 N–H and O–H groups in total. The monoisotopic (exact) mass is 216 g/mol. The molecule has 1 saturated heterocycles. The molecule has 0 radical (unpaired) electrons. The molecule has 0 amide bonds. The summed E-state index contributed by atoms with van der Waals surface area (Å²) in [4.78, 5) is 0. The van der Waals surface area contributed by atoms with E-state index < -0.39 is 23.4 Å². The zero-order valence-corrected chi connectivity index (χ0v) is 8.33. The normalized spacial score (nSPS) is 49.7. The molecule has 2 nitrogen and oxygen atoms in total. The van der Waals surface area contributed by atoms with E-state index in [1.807, 2.05) is 0 Å². The molecule has 14 heavy (non-hydrogen) atoms. The van der Waals surface area contributed by atoms with Gasteiger partial charge in [-0.25, -0.2) is 17.6 Å². The van der Waals surface area contributed by atoms with Crippen LogP contribution in [-0.4, -0.2) is 23.4 Å². The van der Waals surface area contributed by atoms with Crippen LogP contribution < -0.4 is 0 Å². The maximum atomic E-state index is 13.4. The van der Waals surface area contributed by atoms with Crippen molar-refractivity contribution in [1.82, 2.24) is 0 Å². The fraction of sp³-hybridized carbons (Fsp3) is 1.00. The zero-order valence-electron chi connectivity index (χ0n) is 8.33. The molecule has 1 aliphatic heterocycles. The van der Waals surface area contributed by atoms with Gasteiger partial charge in [0.15, 0.2) is 0 Å². The maximum absolute atomic E-state index is 13.4. The van der Waals surface area contributed by atoms with Crippen molar-refractivity contribution in [3.8, 4) is 0 Å². The van der Waals surface area contributed by atoms with Gasteiger partial charge in [0.1, 0.15) is 0 Å². The quantitative estimate of drug-likeness (QED) is 0.627. The molecule has 1 rings (SSSR count). The largest absolute Gasteiger partial charge is 0.303 e. The van der Waals surface area contributed by atoms with Crippen LogP contribution in [0.4, 0.5) is 17.6 Å². The highest BCUT2D eigenvalue weighted by molar-refractivity contribution is 4.94. The number of halogens is 4. The van der Waals surface area contributed by atoms with Gasteiger partial charge < -0.3 is 9.47 Å². The molecule has 6 heteroatoms. The lowest BCUT2D eigenvalue weighted by atomic mass is 10.2. The van der Waals surface area contributed by atoms with E-state index in [2.05, 4.69) is 9.47 Å². The van der Waals surface area contributed by atoms with Crippen molar-refractivity contribution >= 4 is 0 Å². The summed E-state index contributed by atoms with van der Waals surface area (Å²) in [6.45, 7) is 2.70. The van der Waals surface area contributed by atoms with Crippen molar-refractivity contribution in [1.29, 1.82) is 0 Å². The van der Waals surface area contributed by atoms with E-state index in [1.165, 1.54) is 0 Å². The Balaban J connectivity index is 3.03. The van der Waals surface area contributed by atoms with E-state index in [4.69, 9.17) is 0 Å². The second-order valence-corrected chi connectivity index (χ2v) is 3.87. The van der Waals surface area contributed by atoms with Crippen LogP contribution in [0.1, 0.15) is 27.7 Å². The molecule has 1 heterocycles. The fourth-order valence-corrected chi connectivity index (χ4v) is 1.11. The molecule has 2 unspecified atom stereocenters. The minimum absolute atomic E-state index is 0.477. The lowest BCUT2D eigenvalue weighted by Gasteiger charge is -2.29. The molecule has 0 aromatic rings. The van der Waals surface area contributed by atoms with Gasteiger partial charge >= 0.3 is 0 Å². The number of hydrogen-bond donors (Lipinski definition) is 0. The Morgan fingerprint density at radius 3 is 1.36 bits per heavy atom. The summed E-state index contributed by atoms with van der Waals surface area (Å²) < 4.78 is 61.2. The van der Waals surface area contributed by atoms with Crippen LogP contribution >= 0.6 is 0 Å². The van der Waals surface area contributed by atoms with Gasteiger partial charge in [-0.15, -0.1) is 0 Å². The van der Waals surface area contributed by atoms with Crippen molar-refractivity contribution in [2.24, 2.45) is 0 Å². The third-order valence-electron chi connectivity index (χ3n) is 2.37. The third kappa shape index (κ3) is 1.50. The van der Waals surface area contributed by atoms with E-state index in [0.29, 0.717) is 20.8 Å². The average molecular weight is 216 g/mol. The number of hydrogen-bond acceptors (Lipinski definition) is 2. The Morgan fingerprint density at radius 2 is 1.21 bits per heavy atom. The van der Waals surface area contributed by atoms with Crippen molar-refractivity contribution in [3.05, 3.63) is 0 Å². The van der Waals surface area contributed by atoms with Crippen molar-refractivity contribution in [3.63, 3.8) is 0 Å². The van der Waals surface area contributed by atoms with Crippen molar-refractivity contribution in [2.45, 2.75) is 51.1 Å². The van der Waals surface area contributed by atoms with Crippen LogP contribution in [0, 0.1) is 0 Å². The fourth-order valence-electron chi connectivity index (χ4n) is 1.11. The lowest BCUT2D eigenvalue weighted by Crippen LogP contribution is -2.45. The van der Waals surface area contributed by atoms with Gasteiger partial charge in [0.25, 0.3) is 17.6 Å². The summed E-state index contributed by atoms with van der Waals surface area (Å²) in [5, 5.41) is 0. The molecule has 84 valence electrons. The zero-order chi connectivity index (χ0) is 11.4. The van der Waals surface area contributed by atoms with E-state index in [-0.39, 0.29) is 0 Å². The lowest BCUT2D eigenvalue weighted by molar-refractivity contribution is -0.306. The van der Waals surface area contributed by atoms with Crippen LogP contribution in [-0.2, 0) is 9.47 Å². The summed E-state index contributed by atoms with van der Waals surface area (Å²) in [5.74, 6) is -11.9. The van der Waals surface area contributed by atoms with Gasteiger partial charge in [-0.05, 0) is 6.92 Å². The van der Waals surface area contributed by atoms with E-state index in [0.717, 1.165) is 6.92 Å². The molecule has 0 bridgehead atoms. The van der Waals surface area contributed by atoms with E-state index >= 15 is 0 Å². The molecule has 0 spiro atoms. The SMILES string of the molecule is CC(F)(F)C1(C)OC(C)(F)C(C)(F)O1. The second-order valence-electron chi connectivity index (χ2n) is 3.87. The topological polar surface area (TPSA) is 18.5 Å². The molecule has 0 saturated carbocycles. The highest BCUT2D eigenvalue weighted by Crippen LogP contribution is 2.51. The highest BCUT2D eigenvalue weighted by atomic mass is 19.3. The Morgan fingerprint density at radius 1 is 0.929 bits per heavy atom. The smallest absolute Gasteiger partial charge is 0.298 e. The Hall–Kier alpha value is -0.360. The number of ether oxygens (including phenoxy) is 2. The van der Waals surface area contributed by atoms with Crippen molar-refractivity contribution < 1.29 is 27.0 Å². The average Bonchev–Trinajstić information content (AvgIpc) is 1.95. The van der Waals surface area contributed by atoms with Gasteiger partial charge in [-0.2, -0.15) is 0 Å². The minimum atomic E-state index is -3.50. The Labute approximate surface area is 79.2 Å².